The van der Waals surface area contributed by atoms with Crippen LogP contribution in [0.15, 0.2) is 0 Å². The monoisotopic (exact) mass is 635 g/mol. The molecule has 1 saturated heterocycles. The van der Waals surface area contributed by atoms with Gasteiger partial charge in [-0.2, -0.15) is 17.6 Å². The van der Waals surface area contributed by atoms with Gasteiger partial charge in [-0.05, 0) is 127 Å². The Hall–Kier alpha value is -0.910. The van der Waals surface area contributed by atoms with E-state index >= 15 is 0 Å². The number of amides is 2. The largest absolute Gasteiger partial charge is 0.393 e. The molecule has 1 aliphatic heterocycles. The molecule has 43 heavy (non-hydrogen) atoms. The second-order valence-corrected chi connectivity index (χ2v) is 16.8. The van der Waals surface area contributed by atoms with Crippen LogP contribution in [0.2, 0.25) is 0 Å². The average molecular weight is 636 g/mol. The lowest BCUT2D eigenvalue weighted by atomic mass is 9.41. The normalized spacial score (nSPS) is 45.1. The highest BCUT2D eigenvalue weighted by molar-refractivity contribution is 8.11. The van der Waals surface area contributed by atoms with Gasteiger partial charge in [0.05, 0.1) is 25.3 Å². The van der Waals surface area contributed by atoms with Crippen LogP contribution in [0.3, 0.4) is 0 Å². The number of hydrogen-bond donors (Lipinski definition) is 4. The number of hydrogen-bond acceptors (Lipinski definition) is 4. The van der Waals surface area contributed by atoms with Crippen LogP contribution in [0, 0.1) is 52.3 Å². The Morgan fingerprint density at radius 2 is 1.63 bits per heavy atom. The van der Waals surface area contributed by atoms with Gasteiger partial charge in [-0.1, -0.05) is 34.1 Å². The molecule has 4 saturated carbocycles. The fourth-order valence-corrected chi connectivity index (χ4v) is 12.2. The number of urea groups is 1. The van der Waals surface area contributed by atoms with E-state index in [1.165, 1.54) is 5.37 Å². The summed E-state index contributed by atoms with van der Waals surface area (Å²) < 4.78 is 58.3. The van der Waals surface area contributed by atoms with E-state index in [-0.39, 0.29) is 34.9 Å². The molecule has 4 N–H and O–H groups in total. The molecule has 5 rings (SSSR count). The van der Waals surface area contributed by atoms with Gasteiger partial charge in [-0.3, -0.25) is 4.72 Å². The molecule has 0 bridgehead atoms. The third-order valence-corrected chi connectivity index (χ3v) is 14.7. The van der Waals surface area contributed by atoms with Gasteiger partial charge in [-0.15, -0.1) is 0 Å². The number of alkyl halides is 4. The lowest BCUT2D eigenvalue weighted by molar-refractivity contribution is -0.203. The molecule has 11 heteroatoms. The van der Waals surface area contributed by atoms with E-state index in [1.807, 2.05) is 0 Å². The molecule has 6 nitrogen and oxygen atoms in total. The zero-order valence-electron chi connectivity index (χ0n) is 26.4. The summed E-state index contributed by atoms with van der Waals surface area (Å²) >= 11 is 0. The van der Waals surface area contributed by atoms with E-state index in [4.69, 9.17) is 0 Å². The van der Waals surface area contributed by atoms with Gasteiger partial charge in [-0.25, -0.2) is 9.10 Å². The molecular formula is C32H53F4N3O3S. The lowest BCUT2D eigenvalue weighted by Gasteiger charge is -2.64. The van der Waals surface area contributed by atoms with E-state index in [9.17, 15) is 32.6 Å². The number of carbonyl (C=O) groups excluding carboxylic acids is 1. The Morgan fingerprint density at radius 3 is 2.26 bits per heavy atom. The number of aliphatic hydroxyl groups excluding tert-OH is 2. The molecule has 0 spiro atoms. The Bertz CT molecular complexity index is 1060. The Balaban J connectivity index is 1.19. The number of carbonyl (C=O) groups is 1. The van der Waals surface area contributed by atoms with E-state index in [0.717, 1.165) is 62.1 Å². The molecule has 5 fully saturated rings. The Morgan fingerprint density at radius 1 is 1.00 bits per heavy atom. The van der Waals surface area contributed by atoms with Crippen molar-refractivity contribution in [3.8, 4) is 0 Å². The first-order chi connectivity index (χ1) is 20.1. The van der Waals surface area contributed by atoms with Crippen LogP contribution in [0.1, 0.15) is 92.4 Å². The van der Waals surface area contributed by atoms with E-state index in [0.29, 0.717) is 36.1 Å². The highest BCUT2D eigenvalue weighted by atomic mass is 32.2. The molecule has 248 valence electrons. The molecule has 5 aliphatic rings. The summed E-state index contributed by atoms with van der Waals surface area (Å²) in [6.45, 7) is 9.10. The van der Waals surface area contributed by atoms with E-state index in [1.54, 1.807) is 6.92 Å². The molecule has 0 aromatic rings. The van der Waals surface area contributed by atoms with Gasteiger partial charge in [0, 0.05) is 6.54 Å². The summed E-state index contributed by atoms with van der Waals surface area (Å²) in [6, 6.07) is -0.542. The number of nitrogens with zero attached hydrogens (tertiary/aromatic N) is 1. The first-order valence-electron chi connectivity index (χ1n) is 16.5. The van der Waals surface area contributed by atoms with E-state index in [2.05, 4.69) is 37.7 Å². The van der Waals surface area contributed by atoms with Crippen molar-refractivity contribution < 1.29 is 32.6 Å². The molecule has 0 aromatic carbocycles. The minimum atomic E-state index is -4.12. The van der Waals surface area contributed by atoms with Crippen molar-refractivity contribution in [3.05, 3.63) is 0 Å². The van der Waals surface area contributed by atoms with Crippen LogP contribution in [0.5, 0.6) is 0 Å². The molecule has 12 atom stereocenters. The number of fused-ring (bicyclic) bond motifs is 5. The average Bonchev–Trinajstić information content (AvgIpc) is 3.39. The minimum Gasteiger partial charge on any atom is -0.393 e. The molecule has 1 heterocycles. The molecule has 0 aromatic heterocycles. The Kier molecular flexibility index (Phi) is 9.36. The van der Waals surface area contributed by atoms with Gasteiger partial charge >= 0.3 is 17.9 Å². The van der Waals surface area contributed by atoms with Crippen LogP contribution >= 0.6 is 10.9 Å². The maximum absolute atomic E-state index is 13.7. The summed E-state index contributed by atoms with van der Waals surface area (Å²) in [4.78, 5) is 12.6. The fraction of sp³-hybridized carbons (Fsp3) is 0.938. The standard InChI is InChI=1S/C32H53F4N3O3S/c1-6-21-25-16-20(40)10-13-30(25,5)24-11-14-29(4)22(8-9-23(29)26(24)27(21)41)19(3)12-15-37-28(42)38-43(7-2)39-17-31(33,34)32(35,36)18-39/h7,19-27,40-41H,6,8-18H2,1-5H3,(H2,37,38,42)/t19-,20-,21-,22-,23+,24+,25+,26+,27-,29-,30-,43?/m1/s1. The zero-order chi connectivity index (χ0) is 31.5. The number of nitrogens with one attached hydrogen (secondary N) is 2. The van der Waals surface area contributed by atoms with Crippen molar-refractivity contribution in [1.82, 2.24) is 14.3 Å². The highest BCUT2D eigenvalue weighted by Crippen LogP contribution is 2.69. The van der Waals surface area contributed by atoms with Crippen molar-refractivity contribution in [2.45, 2.75) is 116 Å². The SMILES string of the molecule is C/C=S(\NC(=O)NCC[C@@H](C)[C@H]1CC[C@H]2[C@@H]3[C@H](O)[C@H](CC)[C@@H]4C[C@H](O)CC[C@]4(C)[C@H]3CC[C@]12C)N1CC(F)(F)C(F)(F)C1. The van der Waals surface area contributed by atoms with Gasteiger partial charge < -0.3 is 15.5 Å². The summed E-state index contributed by atoms with van der Waals surface area (Å²) in [6.07, 6.45) is 8.29. The molecule has 4 aliphatic carbocycles. The zero-order valence-corrected chi connectivity index (χ0v) is 27.2. The summed E-state index contributed by atoms with van der Waals surface area (Å²) in [7, 11) is -1.33. The first-order valence-corrected chi connectivity index (χ1v) is 17.8. The fourth-order valence-electron chi connectivity index (χ4n) is 10.8. The molecular weight excluding hydrogens is 582 g/mol. The van der Waals surface area contributed by atoms with Gasteiger partial charge in [0.15, 0.2) is 0 Å². The lowest BCUT2D eigenvalue weighted by Crippen LogP contribution is -2.62. The second-order valence-electron chi connectivity index (χ2n) is 15.0. The van der Waals surface area contributed by atoms with Gasteiger partial charge in [0.1, 0.15) is 0 Å². The number of halogens is 4. The van der Waals surface area contributed by atoms with Crippen molar-refractivity contribution in [3.63, 3.8) is 0 Å². The topological polar surface area (TPSA) is 84.8 Å². The van der Waals surface area contributed by atoms with Crippen molar-refractivity contribution in [2.24, 2.45) is 52.3 Å². The second kappa shape index (κ2) is 12.0. The quantitative estimate of drug-likeness (QED) is 0.192. The van der Waals surface area contributed by atoms with Crippen LogP contribution in [-0.4, -0.2) is 69.6 Å². The van der Waals surface area contributed by atoms with Gasteiger partial charge in [0.25, 0.3) is 0 Å². The van der Waals surface area contributed by atoms with E-state index < -0.39 is 41.8 Å². The van der Waals surface area contributed by atoms with Gasteiger partial charge in [0.2, 0.25) is 0 Å². The van der Waals surface area contributed by atoms with Crippen molar-refractivity contribution >= 4 is 22.3 Å². The first kappa shape index (κ1) is 33.5. The van der Waals surface area contributed by atoms with Crippen molar-refractivity contribution in [1.29, 1.82) is 0 Å². The molecule has 1 unspecified atom stereocenters. The van der Waals surface area contributed by atoms with Crippen LogP contribution in [0.4, 0.5) is 22.4 Å². The predicted molar refractivity (Wildman–Crippen MR) is 163 cm³/mol. The third kappa shape index (κ3) is 5.69. The predicted octanol–water partition coefficient (Wildman–Crippen LogP) is 6.45. The summed E-state index contributed by atoms with van der Waals surface area (Å²) in [5, 5.41) is 26.7. The van der Waals surface area contributed by atoms with Crippen LogP contribution < -0.4 is 10.0 Å². The summed E-state index contributed by atoms with van der Waals surface area (Å²) in [5.41, 5.74) is 0.288. The number of aliphatic hydroxyl groups is 2. The summed E-state index contributed by atoms with van der Waals surface area (Å²) in [5.74, 6) is -5.59. The smallest absolute Gasteiger partial charge is 0.325 e. The van der Waals surface area contributed by atoms with Crippen LogP contribution in [0.25, 0.3) is 0 Å². The number of rotatable bonds is 7. The molecule has 0 radical (unpaired) electrons. The Labute approximate surface area is 257 Å². The maximum atomic E-state index is 13.7. The highest BCUT2D eigenvalue weighted by Gasteiger charge is 2.65. The maximum Gasteiger partial charge on any atom is 0.325 e. The van der Waals surface area contributed by atoms with Crippen molar-refractivity contribution in [2.75, 3.05) is 19.6 Å². The minimum absolute atomic E-state index is 0.120. The van der Waals surface area contributed by atoms with Crippen LogP contribution in [-0.2, 0) is 0 Å². The molecule has 2 amide bonds. The third-order valence-electron chi connectivity index (χ3n) is 13.0.